The molecule has 27 heavy (non-hydrogen) atoms. The van der Waals surface area contributed by atoms with E-state index in [2.05, 4.69) is 0 Å². The molecule has 3 rings (SSSR count). The quantitative estimate of drug-likeness (QED) is 0.600. The van der Waals surface area contributed by atoms with Crippen LogP contribution < -0.4 is 9.47 Å². The summed E-state index contributed by atoms with van der Waals surface area (Å²) in [5, 5.41) is 8.80. The van der Waals surface area contributed by atoms with Gasteiger partial charge >= 0.3 is 5.97 Å². The minimum absolute atomic E-state index is 0.307. The van der Waals surface area contributed by atoms with Crippen LogP contribution in [0.2, 0.25) is 0 Å². The highest BCUT2D eigenvalue weighted by Crippen LogP contribution is 2.31. The van der Waals surface area contributed by atoms with Crippen LogP contribution in [0.15, 0.2) is 78.9 Å². The summed E-state index contributed by atoms with van der Waals surface area (Å²) in [4.78, 5) is 10.7. The lowest BCUT2D eigenvalue weighted by atomic mass is 10.0. The van der Waals surface area contributed by atoms with Crippen LogP contribution in [-0.4, -0.2) is 18.2 Å². The van der Waals surface area contributed by atoms with Gasteiger partial charge in [0.05, 0.1) is 7.11 Å². The topological polar surface area (TPSA) is 55.8 Å². The predicted octanol–water partition coefficient (Wildman–Crippen LogP) is 5.04. The van der Waals surface area contributed by atoms with Crippen LogP contribution in [0.1, 0.15) is 11.1 Å². The van der Waals surface area contributed by atoms with Crippen molar-refractivity contribution in [2.75, 3.05) is 7.11 Å². The highest BCUT2D eigenvalue weighted by molar-refractivity contribution is 5.85. The Morgan fingerprint density at radius 2 is 1.70 bits per heavy atom. The van der Waals surface area contributed by atoms with Crippen LogP contribution in [0.4, 0.5) is 0 Å². The van der Waals surface area contributed by atoms with Crippen molar-refractivity contribution in [3.05, 3.63) is 90.0 Å². The third-order valence-corrected chi connectivity index (χ3v) is 4.08. The summed E-state index contributed by atoms with van der Waals surface area (Å²) in [7, 11) is 1.60. The lowest BCUT2D eigenvalue weighted by Crippen LogP contribution is -2.00. The summed E-state index contributed by atoms with van der Waals surface area (Å²) in [5.41, 5.74) is 3.71. The lowest BCUT2D eigenvalue weighted by Gasteiger charge is -2.14. The van der Waals surface area contributed by atoms with Gasteiger partial charge in [-0.2, -0.15) is 0 Å². The van der Waals surface area contributed by atoms with Gasteiger partial charge in [-0.3, -0.25) is 0 Å². The van der Waals surface area contributed by atoms with Crippen molar-refractivity contribution >= 4 is 12.0 Å². The normalized spacial score (nSPS) is 10.7. The minimum atomic E-state index is -0.986. The van der Waals surface area contributed by atoms with Crippen LogP contribution in [0.25, 0.3) is 17.2 Å². The molecule has 0 aliphatic heterocycles. The molecule has 0 spiro atoms. The number of methoxy groups -OCH3 is 1. The van der Waals surface area contributed by atoms with Crippen LogP contribution in [0, 0.1) is 0 Å². The first-order valence-electron chi connectivity index (χ1n) is 8.52. The molecular weight excluding hydrogens is 340 g/mol. The van der Waals surface area contributed by atoms with E-state index in [0.29, 0.717) is 12.4 Å². The van der Waals surface area contributed by atoms with E-state index in [9.17, 15) is 4.79 Å². The second kappa shape index (κ2) is 8.72. The number of para-hydroxylation sites is 1. The fourth-order valence-corrected chi connectivity index (χ4v) is 2.79. The Kier molecular flexibility index (Phi) is 5.90. The molecule has 0 atom stereocenters. The molecule has 0 aromatic heterocycles. The zero-order valence-electron chi connectivity index (χ0n) is 15.0. The van der Waals surface area contributed by atoms with Gasteiger partial charge in [0.15, 0.2) is 0 Å². The Morgan fingerprint density at radius 1 is 0.963 bits per heavy atom. The van der Waals surface area contributed by atoms with E-state index in [1.165, 1.54) is 0 Å². The van der Waals surface area contributed by atoms with Gasteiger partial charge in [0, 0.05) is 17.2 Å². The number of hydrogen-bond acceptors (Lipinski definition) is 3. The molecule has 4 heteroatoms. The number of carboxylic acid groups (broad SMARTS) is 1. The van der Waals surface area contributed by atoms with Gasteiger partial charge < -0.3 is 14.6 Å². The summed E-state index contributed by atoms with van der Waals surface area (Å²) >= 11 is 0. The Morgan fingerprint density at radius 3 is 2.44 bits per heavy atom. The Hall–Kier alpha value is -3.53. The molecule has 0 radical (unpaired) electrons. The second-order valence-corrected chi connectivity index (χ2v) is 5.89. The summed E-state index contributed by atoms with van der Waals surface area (Å²) < 4.78 is 11.5. The molecule has 0 aliphatic carbocycles. The molecule has 0 saturated heterocycles. The lowest BCUT2D eigenvalue weighted by molar-refractivity contribution is -0.131. The molecule has 1 N–H and O–H groups in total. The Bertz CT molecular complexity index is 946. The second-order valence-electron chi connectivity index (χ2n) is 5.89. The molecular formula is C23H20O4. The summed E-state index contributed by atoms with van der Waals surface area (Å²) in [6, 6.07) is 23.4. The number of rotatable bonds is 7. The molecule has 0 heterocycles. The van der Waals surface area contributed by atoms with Crippen molar-refractivity contribution in [3.63, 3.8) is 0 Å². The maximum absolute atomic E-state index is 10.7. The van der Waals surface area contributed by atoms with Gasteiger partial charge in [-0.15, -0.1) is 0 Å². The van der Waals surface area contributed by atoms with Crippen LogP contribution >= 0.6 is 0 Å². The zero-order valence-corrected chi connectivity index (χ0v) is 15.0. The molecule has 3 aromatic rings. The van der Waals surface area contributed by atoms with Gasteiger partial charge in [-0.05, 0) is 35.4 Å². The van der Waals surface area contributed by atoms with E-state index in [-0.39, 0.29) is 0 Å². The van der Waals surface area contributed by atoms with Gasteiger partial charge in [-0.25, -0.2) is 4.79 Å². The molecule has 136 valence electrons. The first-order chi connectivity index (χ1) is 13.2. The summed E-state index contributed by atoms with van der Waals surface area (Å²) in [5.74, 6) is 0.484. The van der Waals surface area contributed by atoms with Gasteiger partial charge in [0.1, 0.15) is 18.1 Å². The van der Waals surface area contributed by atoms with E-state index in [4.69, 9.17) is 14.6 Å². The monoisotopic (exact) mass is 360 g/mol. The number of benzene rings is 3. The van der Waals surface area contributed by atoms with E-state index in [1.807, 2.05) is 66.7 Å². The van der Waals surface area contributed by atoms with Gasteiger partial charge in [0.2, 0.25) is 0 Å². The maximum atomic E-state index is 10.7. The third kappa shape index (κ3) is 4.76. The average molecular weight is 360 g/mol. The molecule has 3 aromatic carbocycles. The third-order valence-electron chi connectivity index (χ3n) is 4.08. The largest absolute Gasteiger partial charge is 0.496 e. The SMILES string of the molecule is COc1ccc(C=CC(=O)O)cc1COc1ccccc1-c1ccccc1. The van der Waals surface area contributed by atoms with E-state index in [0.717, 1.165) is 34.1 Å². The number of ether oxygens (including phenoxy) is 2. The molecule has 0 bridgehead atoms. The van der Waals surface area contributed by atoms with Crippen molar-refractivity contribution in [2.45, 2.75) is 6.61 Å². The van der Waals surface area contributed by atoms with Crippen molar-refractivity contribution in [3.8, 4) is 22.6 Å². The van der Waals surface area contributed by atoms with Crippen molar-refractivity contribution < 1.29 is 19.4 Å². The highest BCUT2D eigenvalue weighted by atomic mass is 16.5. The standard InChI is InChI=1S/C23H20O4/c1-26-21-13-11-17(12-14-23(24)25)15-19(21)16-27-22-10-6-5-9-20(22)18-7-3-2-4-8-18/h2-15H,16H2,1H3,(H,24,25). The average Bonchev–Trinajstić information content (AvgIpc) is 2.71. The molecule has 4 nitrogen and oxygen atoms in total. The number of carbonyl (C=O) groups is 1. The van der Waals surface area contributed by atoms with Crippen LogP contribution in [0.5, 0.6) is 11.5 Å². The number of hydrogen-bond donors (Lipinski definition) is 1. The van der Waals surface area contributed by atoms with E-state index >= 15 is 0 Å². The van der Waals surface area contributed by atoms with Crippen LogP contribution in [-0.2, 0) is 11.4 Å². The van der Waals surface area contributed by atoms with Crippen molar-refractivity contribution in [1.29, 1.82) is 0 Å². The smallest absolute Gasteiger partial charge is 0.328 e. The molecule has 0 fully saturated rings. The predicted molar refractivity (Wildman–Crippen MR) is 106 cm³/mol. The van der Waals surface area contributed by atoms with Crippen molar-refractivity contribution in [2.24, 2.45) is 0 Å². The molecule has 0 amide bonds. The van der Waals surface area contributed by atoms with Crippen LogP contribution in [0.3, 0.4) is 0 Å². The fourth-order valence-electron chi connectivity index (χ4n) is 2.79. The van der Waals surface area contributed by atoms with E-state index in [1.54, 1.807) is 19.3 Å². The molecule has 0 aliphatic rings. The zero-order chi connectivity index (χ0) is 19.1. The highest BCUT2D eigenvalue weighted by Gasteiger charge is 2.09. The summed E-state index contributed by atoms with van der Waals surface area (Å²) in [6.45, 7) is 0.307. The maximum Gasteiger partial charge on any atom is 0.328 e. The minimum Gasteiger partial charge on any atom is -0.496 e. The number of aliphatic carboxylic acids is 1. The van der Waals surface area contributed by atoms with Crippen molar-refractivity contribution in [1.82, 2.24) is 0 Å². The Labute approximate surface area is 158 Å². The first-order valence-corrected chi connectivity index (χ1v) is 8.52. The molecule has 0 saturated carbocycles. The first kappa shape index (κ1) is 18.3. The Balaban J connectivity index is 1.85. The number of carboxylic acids is 1. The fraction of sp³-hybridized carbons (Fsp3) is 0.0870. The summed E-state index contributed by atoms with van der Waals surface area (Å²) in [6.07, 6.45) is 2.65. The van der Waals surface area contributed by atoms with Gasteiger partial charge in [0.25, 0.3) is 0 Å². The molecule has 0 unspecified atom stereocenters. The van der Waals surface area contributed by atoms with E-state index < -0.39 is 5.97 Å². The van der Waals surface area contributed by atoms with Gasteiger partial charge in [-0.1, -0.05) is 54.6 Å².